The molecule has 22 heavy (non-hydrogen) atoms. The maximum Gasteiger partial charge on any atom is 0.250 e. The Morgan fingerprint density at radius 3 is 2.50 bits per heavy atom. The molecule has 132 valence electrons. The van der Waals surface area contributed by atoms with Crippen molar-refractivity contribution in [1.29, 1.82) is 0 Å². The summed E-state index contributed by atoms with van der Waals surface area (Å²) in [5, 5.41) is 6.27. The number of nitrogens with zero attached hydrogens (tertiary/aromatic N) is 1. The van der Waals surface area contributed by atoms with Crippen molar-refractivity contribution < 1.29 is 9.53 Å². The first kappa shape index (κ1) is 21.9. The molecular formula is C15H31Cl2N3O2. The molecule has 0 aromatic heterocycles. The lowest BCUT2D eigenvalue weighted by Crippen LogP contribution is -2.52. The number of hydrogen-bond acceptors (Lipinski definition) is 4. The Bertz CT molecular complexity index is 318. The number of morpholine rings is 1. The highest BCUT2D eigenvalue weighted by Gasteiger charge is 2.26. The summed E-state index contributed by atoms with van der Waals surface area (Å²) in [6, 6.07) is 0.172. The highest BCUT2D eigenvalue weighted by atomic mass is 35.5. The number of ether oxygens (including phenoxy) is 1. The van der Waals surface area contributed by atoms with Gasteiger partial charge in [0.15, 0.2) is 0 Å². The van der Waals surface area contributed by atoms with E-state index in [1.807, 2.05) is 0 Å². The van der Waals surface area contributed by atoms with E-state index in [0.717, 1.165) is 38.0 Å². The normalized spacial score (nSPS) is 30.6. The molecule has 2 aliphatic rings. The second-order valence-corrected chi connectivity index (χ2v) is 6.64. The van der Waals surface area contributed by atoms with Crippen LogP contribution in [0.2, 0.25) is 0 Å². The van der Waals surface area contributed by atoms with Crippen LogP contribution >= 0.6 is 24.8 Å². The molecule has 2 fully saturated rings. The number of carbonyl (C=O) groups is 1. The second-order valence-electron chi connectivity index (χ2n) is 6.64. The lowest BCUT2D eigenvalue weighted by molar-refractivity contribution is -0.135. The number of carbonyl (C=O) groups excluding carboxylic acids is 1. The zero-order chi connectivity index (χ0) is 14.5. The van der Waals surface area contributed by atoms with Crippen molar-refractivity contribution in [3.63, 3.8) is 0 Å². The summed E-state index contributed by atoms with van der Waals surface area (Å²) in [4.78, 5) is 14.6. The van der Waals surface area contributed by atoms with Gasteiger partial charge in [-0.3, -0.25) is 4.79 Å². The standard InChI is InChI=1S/C15H29N3O2.2ClH/c1-11-6-12(2)9-18(8-11)10-13(3)17-15(19)14-7-16-4-5-20-14;;/h11-14,16H,4-10H2,1-3H3,(H,17,19);2*1H. The van der Waals surface area contributed by atoms with Crippen LogP contribution < -0.4 is 10.6 Å². The Balaban J connectivity index is 0.00000220. The molecule has 2 aliphatic heterocycles. The molecule has 2 rings (SSSR count). The average molecular weight is 356 g/mol. The SMILES string of the molecule is CC1CC(C)CN(CC(C)NC(=O)C2CNCCO2)C1.Cl.Cl. The molecule has 7 heteroatoms. The second kappa shape index (κ2) is 10.7. The van der Waals surface area contributed by atoms with Gasteiger partial charge in [-0.05, 0) is 25.2 Å². The summed E-state index contributed by atoms with van der Waals surface area (Å²) < 4.78 is 5.48. The zero-order valence-corrected chi connectivity index (χ0v) is 15.5. The van der Waals surface area contributed by atoms with Gasteiger partial charge in [0, 0.05) is 38.8 Å². The fourth-order valence-corrected chi connectivity index (χ4v) is 3.44. The Kier molecular flexibility index (Phi) is 10.6. The summed E-state index contributed by atoms with van der Waals surface area (Å²) in [5.74, 6) is 1.53. The quantitative estimate of drug-likeness (QED) is 0.797. The van der Waals surface area contributed by atoms with E-state index in [-0.39, 0.29) is 42.9 Å². The Morgan fingerprint density at radius 1 is 1.32 bits per heavy atom. The molecule has 0 aliphatic carbocycles. The molecule has 0 bridgehead atoms. The van der Waals surface area contributed by atoms with Crippen molar-refractivity contribution in [2.24, 2.45) is 11.8 Å². The van der Waals surface area contributed by atoms with Crippen molar-refractivity contribution in [2.45, 2.75) is 39.3 Å². The van der Waals surface area contributed by atoms with Crippen molar-refractivity contribution in [1.82, 2.24) is 15.5 Å². The van der Waals surface area contributed by atoms with Gasteiger partial charge in [0.1, 0.15) is 6.10 Å². The predicted octanol–water partition coefficient (Wildman–Crippen LogP) is 1.30. The number of likely N-dealkylation sites (tertiary alicyclic amines) is 1. The molecule has 0 aromatic carbocycles. The average Bonchev–Trinajstić information content (AvgIpc) is 2.38. The van der Waals surface area contributed by atoms with Crippen LogP contribution in [-0.4, -0.2) is 62.3 Å². The van der Waals surface area contributed by atoms with Gasteiger partial charge in [-0.25, -0.2) is 0 Å². The fourth-order valence-electron chi connectivity index (χ4n) is 3.44. The van der Waals surface area contributed by atoms with Crippen LogP contribution in [0.4, 0.5) is 0 Å². The Hall–Kier alpha value is -0.0700. The predicted molar refractivity (Wildman–Crippen MR) is 94.1 cm³/mol. The van der Waals surface area contributed by atoms with E-state index in [1.165, 1.54) is 6.42 Å². The van der Waals surface area contributed by atoms with Gasteiger partial charge in [0.2, 0.25) is 0 Å². The number of hydrogen-bond donors (Lipinski definition) is 2. The van der Waals surface area contributed by atoms with Crippen LogP contribution in [-0.2, 0) is 9.53 Å². The molecule has 4 unspecified atom stereocenters. The molecule has 2 heterocycles. The van der Waals surface area contributed by atoms with Crippen LogP contribution in [0.3, 0.4) is 0 Å². The van der Waals surface area contributed by atoms with E-state index in [4.69, 9.17) is 4.74 Å². The van der Waals surface area contributed by atoms with Crippen LogP contribution in [0.25, 0.3) is 0 Å². The highest BCUT2D eigenvalue weighted by molar-refractivity contribution is 5.85. The minimum absolute atomic E-state index is 0. The molecule has 0 radical (unpaired) electrons. The summed E-state index contributed by atoms with van der Waals surface area (Å²) in [7, 11) is 0. The lowest BCUT2D eigenvalue weighted by Gasteiger charge is -2.36. The first-order valence-corrected chi connectivity index (χ1v) is 7.89. The summed E-state index contributed by atoms with van der Waals surface area (Å²) in [6.45, 7) is 12.0. The van der Waals surface area contributed by atoms with Crippen LogP contribution in [0, 0.1) is 11.8 Å². The molecular weight excluding hydrogens is 325 g/mol. The van der Waals surface area contributed by atoms with Gasteiger partial charge < -0.3 is 20.3 Å². The minimum atomic E-state index is -0.328. The molecule has 0 spiro atoms. The van der Waals surface area contributed by atoms with E-state index >= 15 is 0 Å². The van der Waals surface area contributed by atoms with Crippen LogP contribution in [0.15, 0.2) is 0 Å². The highest BCUT2D eigenvalue weighted by Crippen LogP contribution is 2.20. The lowest BCUT2D eigenvalue weighted by atomic mass is 9.92. The maximum atomic E-state index is 12.1. The third kappa shape index (κ3) is 7.01. The largest absolute Gasteiger partial charge is 0.366 e. The number of piperidine rings is 1. The zero-order valence-electron chi connectivity index (χ0n) is 13.8. The molecule has 1 amide bonds. The van der Waals surface area contributed by atoms with Crippen LogP contribution in [0.5, 0.6) is 0 Å². The third-order valence-corrected chi connectivity index (χ3v) is 4.09. The van der Waals surface area contributed by atoms with Gasteiger partial charge in [-0.2, -0.15) is 0 Å². The summed E-state index contributed by atoms with van der Waals surface area (Å²) in [6.07, 6.45) is 0.990. The molecule has 2 saturated heterocycles. The summed E-state index contributed by atoms with van der Waals surface area (Å²) >= 11 is 0. The minimum Gasteiger partial charge on any atom is -0.366 e. The van der Waals surface area contributed by atoms with Crippen LogP contribution in [0.1, 0.15) is 27.2 Å². The Morgan fingerprint density at radius 2 is 1.95 bits per heavy atom. The summed E-state index contributed by atoms with van der Waals surface area (Å²) in [5.41, 5.74) is 0. The topological polar surface area (TPSA) is 53.6 Å². The van der Waals surface area contributed by atoms with Gasteiger partial charge in [-0.15, -0.1) is 24.8 Å². The number of rotatable bonds is 4. The Labute approximate surface area is 146 Å². The van der Waals surface area contributed by atoms with Gasteiger partial charge in [0.25, 0.3) is 5.91 Å². The van der Waals surface area contributed by atoms with Gasteiger partial charge >= 0.3 is 0 Å². The van der Waals surface area contributed by atoms with E-state index in [1.54, 1.807) is 0 Å². The van der Waals surface area contributed by atoms with Crippen molar-refractivity contribution in [3.05, 3.63) is 0 Å². The first-order valence-electron chi connectivity index (χ1n) is 7.89. The number of nitrogens with one attached hydrogen (secondary N) is 2. The molecule has 5 nitrogen and oxygen atoms in total. The fraction of sp³-hybridized carbons (Fsp3) is 0.933. The van der Waals surface area contributed by atoms with Gasteiger partial charge in [0.05, 0.1) is 6.61 Å². The van der Waals surface area contributed by atoms with Crippen molar-refractivity contribution >= 4 is 30.7 Å². The monoisotopic (exact) mass is 355 g/mol. The van der Waals surface area contributed by atoms with E-state index < -0.39 is 0 Å². The molecule has 0 saturated carbocycles. The van der Waals surface area contributed by atoms with Crippen molar-refractivity contribution in [3.8, 4) is 0 Å². The van der Waals surface area contributed by atoms with E-state index in [9.17, 15) is 4.79 Å². The molecule has 2 N–H and O–H groups in total. The van der Waals surface area contributed by atoms with E-state index in [0.29, 0.717) is 13.2 Å². The third-order valence-electron chi connectivity index (χ3n) is 4.09. The molecule has 0 aromatic rings. The van der Waals surface area contributed by atoms with E-state index in [2.05, 4.69) is 36.3 Å². The maximum absolute atomic E-state index is 12.1. The first-order chi connectivity index (χ1) is 9.54. The van der Waals surface area contributed by atoms with Crippen molar-refractivity contribution in [2.75, 3.05) is 39.3 Å². The van der Waals surface area contributed by atoms with Gasteiger partial charge in [-0.1, -0.05) is 13.8 Å². The number of halogens is 2. The smallest absolute Gasteiger partial charge is 0.250 e. The number of amides is 1. The molecule has 4 atom stereocenters.